The van der Waals surface area contributed by atoms with Crippen LogP contribution < -0.4 is 0 Å². The van der Waals surface area contributed by atoms with Gasteiger partial charge in [-0.15, -0.1) is 0 Å². The maximum atomic E-state index is 12.1. The maximum absolute atomic E-state index is 12.1. The summed E-state index contributed by atoms with van der Waals surface area (Å²) in [6.45, 7) is 3.15. The Kier molecular flexibility index (Phi) is 1.49. The van der Waals surface area contributed by atoms with Crippen LogP contribution in [0.1, 0.15) is 26.7 Å². The second-order valence-electron chi connectivity index (χ2n) is 3.57. The van der Waals surface area contributed by atoms with E-state index in [0.717, 1.165) is 0 Å². The van der Waals surface area contributed by atoms with Gasteiger partial charge in [0, 0.05) is 0 Å². The van der Waals surface area contributed by atoms with Crippen LogP contribution in [0, 0.1) is 11.3 Å². The second kappa shape index (κ2) is 1.89. The second-order valence-corrected chi connectivity index (χ2v) is 3.57. The first-order valence-electron chi connectivity index (χ1n) is 3.42. The van der Waals surface area contributed by atoms with Crippen molar-refractivity contribution in [2.45, 2.75) is 32.9 Å². The lowest BCUT2D eigenvalue weighted by Crippen LogP contribution is -2.45. The number of halogens is 3. The van der Waals surface area contributed by atoms with Gasteiger partial charge in [-0.2, -0.15) is 13.2 Å². The summed E-state index contributed by atoms with van der Waals surface area (Å²) in [5, 5.41) is 0. The molecule has 0 N–H and O–H groups in total. The minimum atomic E-state index is -3.99. The van der Waals surface area contributed by atoms with E-state index in [1.54, 1.807) is 0 Å². The SMILES string of the molecule is CC1CC(C)(C(F)(F)F)C1. The van der Waals surface area contributed by atoms with Gasteiger partial charge >= 0.3 is 6.18 Å². The zero-order chi connectivity index (χ0) is 7.99. The maximum Gasteiger partial charge on any atom is 0.394 e. The van der Waals surface area contributed by atoms with Crippen LogP contribution in [0.3, 0.4) is 0 Å². The molecule has 1 fully saturated rings. The summed E-state index contributed by atoms with van der Waals surface area (Å²) in [5.74, 6) is 0.256. The lowest BCUT2D eigenvalue weighted by atomic mass is 9.63. The van der Waals surface area contributed by atoms with Gasteiger partial charge in [0.15, 0.2) is 0 Å². The van der Waals surface area contributed by atoms with E-state index < -0.39 is 11.6 Å². The van der Waals surface area contributed by atoms with Crippen molar-refractivity contribution < 1.29 is 13.2 Å². The summed E-state index contributed by atoms with van der Waals surface area (Å²) in [6, 6.07) is 0. The average Bonchev–Trinajstić information content (AvgIpc) is 1.58. The molecule has 0 saturated heterocycles. The van der Waals surface area contributed by atoms with Crippen molar-refractivity contribution in [3.63, 3.8) is 0 Å². The quantitative estimate of drug-likeness (QED) is 0.500. The molecule has 0 nitrogen and oxygen atoms in total. The molecule has 0 aromatic carbocycles. The topological polar surface area (TPSA) is 0 Å². The molecule has 0 radical (unpaired) electrons. The van der Waals surface area contributed by atoms with Gasteiger partial charge in [0.05, 0.1) is 5.41 Å². The molecule has 0 unspecified atom stereocenters. The van der Waals surface area contributed by atoms with Gasteiger partial charge in [-0.3, -0.25) is 0 Å². The first kappa shape index (κ1) is 7.89. The van der Waals surface area contributed by atoms with E-state index in [9.17, 15) is 13.2 Å². The molecule has 1 saturated carbocycles. The van der Waals surface area contributed by atoms with Crippen molar-refractivity contribution in [3.8, 4) is 0 Å². The molecule has 0 bridgehead atoms. The van der Waals surface area contributed by atoms with Crippen LogP contribution in [0.5, 0.6) is 0 Å². The van der Waals surface area contributed by atoms with Crippen molar-refractivity contribution in [1.29, 1.82) is 0 Å². The summed E-state index contributed by atoms with van der Waals surface area (Å²) < 4.78 is 36.2. The van der Waals surface area contributed by atoms with Gasteiger partial charge in [0.2, 0.25) is 0 Å². The molecule has 0 amide bonds. The molecule has 1 aliphatic rings. The Balaban J connectivity index is 2.57. The van der Waals surface area contributed by atoms with Gasteiger partial charge in [-0.05, 0) is 18.8 Å². The fourth-order valence-electron chi connectivity index (χ4n) is 1.71. The highest BCUT2D eigenvalue weighted by molar-refractivity contribution is 4.93. The molecule has 60 valence electrons. The Bertz CT molecular complexity index is 130. The minimum Gasteiger partial charge on any atom is -0.171 e. The third-order valence-electron chi connectivity index (χ3n) is 2.28. The highest BCUT2D eigenvalue weighted by atomic mass is 19.4. The number of alkyl halides is 3. The van der Waals surface area contributed by atoms with E-state index in [2.05, 4.69) is 0 Å². The van der Waals surface area contributed by atoms with E-state index in [1.807, 2.05) is 6.92 Å². The Morgan fingerprint density at radius 3 is 1.80 bits per heavy atom. The molecule has 0 aromatic rings. The molecule has 3 heteroatoms. The van der Waals surface area contributed by atoms with Crippen molar-refractivity contribution in [2.75, 3.05) is 0 Å². The number of hydrogen-bond donors (Lipinski definition) is 0. The highest BCUT2D eigenvalue weighted by Gasteiger charge is 2.57. The van der Waals surface area contributed by atoms with E-state index >= 15 is 0 Å². The molecule has 0 heterocycles. The Morgan fingerprint density at radius 2 is 1.70 bits per heavy atom. The van der Waals surface area contributed by atoms with Crippen LogP contribution in [0.4, 0.5) is 13.2 Å². The molecule has 10 heavy (non-hydrogen) atoms. The molecular formula is C7H11F3. The standard InChI is InChI=1S/C7H11F3/c1-5-3-6(2,4-5)7(8,9)10/h5H,3-4H2,1-2H3. The first-order chi connectivity index (χ1) is 4.35. The highest BCUT2D eigenvalue weighted by Crippen LogP contribution is 2.55. The van der Waals surface area contributed by atoms with Crippen LogP contribution in [0.2, 0.25) is 0 Å². The van der Waals surface area contributed by atoms with Crippen molar-refractivity contribution in [2.24, 2.45) is 11.3 Å². The summed E-state index contributed by atoms with van der Waals surface area (Å²) in [6.07, 6.45) is -3.38. The number of hydrogen-bond acceptors (Lipinski definition) is 0. The van der Waals surface area contributed by atoms with E-state index in [-0.39, 0.29) is 5.92 Å². The van der Waals surface area contributed by atoms with Gasteiger partial charge < -0.3 is 0 Å². The minimum absolute atomic E-state index is 0.256. The van der Waals surface area contributed by atoms with Crippen molar-refractivity contribution in [1.82, 2.24) is 0 Å². The molecule has 0 aromatic heterocycles. The van der Waals surface area contributed by atoms with E-state index in [0.29, 0.717) is 12.8 Å². The van der Waals surface area contributed by atoms with E-state index in [1.165, 1.54) is 6.92 Å². The smallest absolute Gasteiger partial charge is 0.171 e. The molecule has 1 rings (SSSR count). The number of rotatable bonds is 0. The van der Waals surface area contributed by atoms with E-state index in [4.69, 9.17) is 0 Å². The first-order valence-corrected chi connectivity index (χ1v) is 3.42. The molecule has 0 spiro atoms. The lowest BCUT2D eigenvalue weighted by molar-refractivity contribution is -0.254. The molecular weight excluding hydrogens is 141 g/mol. The zero-order valence-electron chi connectivity index (χ0n) is 6.13. The monoisotopic (exact) mass is 152 g/mol. The van der Waals surface area contributed by atoms with Crippen LogP contribution in [0.15, 0.2) is 0 Å². The Labute approximate surface area is 58.4 Å². The summed E-state index contributed by atoms with van der Waals surface area (Å²) in [4.78, 5) is 0. The zero-order valence-corrected chi connectivity index (χ0v) is 6.13. The Morgan fingerprint density at radius 1 is 1.30 bits per heavy atom. The van der Waals surface area contributed by atoms with Crippen LogP contribution in [-0.4, -0.2) is 6.18 Å². The molecule has 1 aliphatic carbocycles. The third kappa shape index (κ3) is 1.02. The van der Waals surface area contributed by atoms with Crippen molar-refractivity contribution in [3.05, 3.63) is 0 Å². The van der Waals surface area contributed by atoms with Gasteiger partial charge in [0.1, 0.15) is 0 Å². The van der Waals surface area contributed by atoms with Crippen LogP contribution in [0.25, 0.3) is 0 Å². The fraction of sp³-hybridized carbons (Fsp3) is 1.00. The predicted molar refractivity (Wildman–Crippen MR) is 32.6 cm³/mol. The van der Waals surface area contributed by atoms with Gasteiger partial charge in [0.25, 0.3) is 0 Å². The molecule has 0 aliphatic heterocycles. The fourth-order valence-corrected chi connectivity index (χ4v) is 1.71. The largest absolute Gasteiger partial charge is 0.394 e. The van der Waals surface area contributed by atoms with Crippen LogP contribution in [-0.2, 0) is 0 Å². The lowest BCUT2D eigenvalue weighted by Gasteiger charge is -2.44. The third-order valence-corrected chi connectivity index (χ3v) is 2.28. The van der Waals surface area contributed by atoms with Crippen molar-refractivity contribution >= 4 is 0 Å². The van der Waals surface area contributed by atoms with Crippen LogP contribution >= 0.6 is 0 Å². The predicted octanol–water partition coefficient (Wildman–Crippen LogP) is 2.98. The summed E-state index contributed by atoms with van der Waals surface area (Å²) in [7, 11) is 0. The van der Waals surface area contributed by atoms with Gasteiger partial charge in [-0.1, -0.05) is 13.8 Å². The Hall–Kier alpha value is -0.210. The molecule has 0 atom stereocenters. The summed E-state index contributed by atoms with van der Waals surface area (Å²) >= 11 is 0. The van der Waals surface area contributed by atoms with Gasteiger partial charge in [-0.25, -0.2) is 0 Å². The normalized spacial score (nSPS) is 41.1. The summed E-state index contributed by atoms with van der Waals surface area (Å²) in [5.41, 5.74) is -1.37. The average molecular weight is 152 g/mol.